The Morgan fingerprint density at radius 3 is 2.48 bits per heavy atom. The number of para-hydroxylation sites is 1. The van der Waals surface area contributed by atoms with E-state index in [4.69, 9.17) is 10.5 Å². The first-order valence-corrected chi connectivity index (χ1v) is 10.1. The summed E-state index contributed by atoms with van der Waals surface area (Å²) in [6.07, 6.45) is -2.06. The van der Waals surface area contributed by atoms with Crippen molar-refractivity contribution in [3.63, 3.8) is 0 Å². The van der Waals surface area contributed by atoms with Crippen molar-refractivity contribution in [3.8, 4) is 0 Å². The van der Waals surface area contributed by atoms with E-state index < -0.39 is 29.0 Å². The van der Waals surface area contributed by atoms with Crippen LogP contribution in [0.25, 0.3) is 0 Å². The lowest BCUT2D eigenvalue weighted by Crippen LogP contribution is -2.60. The van der Waals surface area contributed by atoms with Gasteiger partial charge in [-0.3, -0.25) is 9.69 Å². The number of rotatable bonds is 4. The number of nitrogens with zero attached hydrogens (tertiary/aromatic N) is 1. The van der Waals surface area contributed by atoms with E-state index in [-0.39, 0.29) is 16.9 Å². The molecule has 2 aliphatic rings. The van der Waals surface area contributed by atoms with Crippen molar-refractivity contribution < 1.29 is 27.5 Å². The Kier molecular flexibility index (Phi) is 5.08. The topological polar surface area (TPSA) is 72.6 Å². The van der Waals surface area contributed by atoms with Crippen LogP contribution in [0, 0.1) is 0 Å². The molecule has 0 radical (unpaired) electrons. The van der Waals surface area contributed by atoms with E-state index in [0.717, 1.165) is 12.1 Å². The van der Waals surface area contributed by atoms with Crippen LogP contribution < -0.4 is 5.73 Å². The standard InChI is InChI=1S/C23H23F3N2O3/c1-28-21(19(29)15-6-4-7-16(14-15)23(24,25)26)10-5-11-22(28,13-12-21)31-20(30)17-8-2-3-9-18(17)27/h2-4,6-9,14H,5,10-13,27H2,1H3/t21-,22-/m0/s1. The normalized spacial score (nSPS) is 25.9. The number of nitrogen functional groups attached to an aromatic ring is 1. The summed E-state index contributed by atoms with van der Waals surface area (Å²) >= 11 is 0. The summed E-state index contributed by atoms with van der Waals surface area (Å²) in [6, 6.07) is 11.1. The number of anilines is 1. The second-order valence-electron chi connectivity index (χ2n) is 8.27. The van der Waals surface area contributed by atoms with Gasteiger partial charge in [0.2, 0.25) is 0 Å². The number of esters is 1. The molecule has 2 saturated heterocycles. The number of halogens is 3. The smallest absolute Gasteiger partial charge is 0.416 e. The molecule has 2 atom stereocenters. The molecule has 4 rings (SSSR count). The van der Waals surface area contributed by atoms with Gasteiger partial charge in [-0.2, -0.15) is 13.2 Å². The molecule has 2 aliphatic heterocycles. The Hall–Kier alpha value is -2.87. The van der Waals surface area contributed by atoms with Gasteiger partial charge in [0.25, 0.3) is 0 Å². The van der Waals surface area contributed by atoms with Crippen LogP contribution in [0.15, 0.2) is 48.5 Å². The summed E-state index contributed by atoms with van der Waals surface area (Å²) in [5.41, 5.74) is 3.59. The van der Waals surface area contributed by atoms with E-state index in [0.29, 0.717) is 37.8 Å². The second-order valence-corrected chi connectivity index (χ2v) is 8.27. The second kappa shape index (κ2) is 7.37. The minimum atomic E-state index is -4.53. The highest BCUT2D eigenvalue weighted by Gasteiger charge is 2.61. The Morgan fingerprint density at radius 2 is 1.77 bits per heavy atom. The summed E-state index contributed by atoms with van der Waals surface area (Å²) in [4.78, 5) is 28.0. The molecule has 2 N–H and O–H groups in total. The molecule has 2 fully saturated rings. The number of benzene rings is 2. The maximum absolute atomic E-state index is 13.5. The molecule has 5 nitrogen and oxygen atoms in total. The molecule has 0 amide bonds. The van der Waals surface area contributed by atoms with Crippen LogP contribution in [0.5, 0.6) is 0 Å². The van der Waals surface area contributed by atoms with Gasteiger partial charge in [-0.25, -0.2) is 4.79 Å². The zero-order chi connectivity index (χ0) is 22.4. The molecule has 2 bridgehead atoms. The average molecular weight is 432 g/mol. The number of carbonyl (C=O) groups excluding carboxylic acids is 2. The van der Waals surface area contributed by atoms with Gasteiger partial charge < -0.3 is 10.5 Å². The number of likely N-dealkylation sites (N-methyl/N-ethyl adjacent to an activating group) is 1. The lowest BCUT2D eigenvalue weighted by Gasteiger charge is -2.47. The first-order chi connectivity index (χ1) is 14.6. The number of Topliss-reactive ketones (excluding diaryl/α,β-unsaturated/α-hetero) is 1. The van der Waals surface area contributed by atoms with Crippen molar-refractivity contribution in [1.29, 1.82) is 0 Å². The quantitative estimate of drug-likeness (QED) is 0.432. The molecule has 2 heterocycles. The molecule has 8 heteroatoms. The molecule has 0 aromatic heterocycles. The highest BCUT2D eigenvalue weighted by Crippen LogP contribution is 2.52. The number of piperidine rings is 1. The Bertz CT molecular complexity index is 1040. The van der Waals surface area contributed by atoms with Crippen LogP contribution in [-0.2, 0) is 10.9 Å². The van der Waals surface area contributed by atoms with E-state index in [1.54, 1.807) is 36.2 Å². The average Bonchev–Trinajstić information content (AvgIpc) is 2.88. The minimum absolute atomic E-state index is 0.0120. The fraction of sp³-hybridized carbons (Fsp3) is 0.391. The highest BCUT2D eigenvalue weighted by atomic mass is 19.4. The van der Waals surface area contributed by atoms with Crippen LogP contribution in [-0.4, -0.2) is 35.0 Å². The number of fused-ring (bicyclic) bond motifs is 2. The molecular weight excluding hydrogens is 409 g/mol. The number of hydrogen-bond donors (Lipinski definition) is 1. The third kappa shape index (κ3) is 3.48. The van der Waals surface area contributed by atoms with Crippen molar-refractivity contribution in [2.24, 2.45) is 0 Å². The Balaban J connectivity index is 1.63. The summed E-state index contributed by atoms with van der Waals surface area (Å²) < 4.78 is 45.3. The first-order valence-electron chi connectivity index (χ1n) is 10.1. The van der Waals surface area contributed by atoms with Crippen LogP contribution in [0.1, 0.15) is 58.4 Å². The fourth-order valence-corrected chi connectivity index (χ4v) is 4.94. The molecule has 31 heavy (non-hydrogen) atoms. The monoisotopic (exact) mass is 432 g/mol. The number of carbonyl (C=O) groups is 2. The third-order valence-corrected chi connectivity index (χ3v) is 6.68. The third-order valence-electron chi connectivity index (χ3n) is 6.68. The van der Waals surface area contributed by atoms with Crippen molar-refractivity contribution in [2.75, 3.05) is 12.8 Å². The van der Waals surface area contributed by atoms with Crippen LogP contribution >= 0.6 is 0 Å². The molecule has 0 spiro atoms. The fourth-order valence-electron chi connectivity index (χ4n) is 4.94. The van der Waals surface area contributed by atoms with Gasteiger partial charge in [-0.05, 0) is 50.6 Å². The summed E-state index contributed by atoms with van der Waals surface area (Å²) in [7, 11) is 1.71. The maximum Gasteiger partial charge on any atom is 0.416 e. The van der Waals surface area contributed by atoms with E-state index in [1.165, 1.54) is 12.1 Å². The number of nitrogens with two attached hydrogens (primary N) is 1. The molecular formula is C23H23F3N2O3. The Labute approximate surface area is 178 Å². The SMILES string of the molecule is CN1[C@]2(OC(=O)c3ccccc3N)CCC[C@@]1(C(=O)c1cccc(C(F)(F)F)c1)CC2. The van der Waals surface area contributed by atoms with Crippen LogP contribution in [0.3, 0.4) is 0 Å². The maximum atomic E-state index is 13.5. The van der Waals surface area contributed by atoms with Crippen molar-refractivity contribution in [1.82, 2.24) is 4.90 Å². The van der Waals surface area contributed by atoms with Gasteiger partial charge in [0.15, 0.2) is 11.5 Å². The summed E-state index contributed by atoms with van der Waals surface area (Å²) in [5, 5.41) is 0. The van der Waals surface area contributed by atoms with Gasteiger partial charge in [-0.15, -0.1) is 0 Å². The number of ether oxygens (including phenoxy) is 1. The predicted molar refractivity (Wildman–Crippen MR) is 108 cm³/mol. The largest absolute Gasteiger partial charge is 0.440 e. The molecule has 0 aliphatic carbocycles. The number of alkyl halides is 3. The summed E-state index contributed by atoms with van der Waals surface area (Å²) in [6.45, 7) is 0. The van der Waals surface area contributed by atoms with Gasteiger partial charge >= 0.3 is 12.1 Å². The van der Waals surface area contributed by atoms with E-state index in [2.05, 4.69) is 0 Å². The van der Waals surface area contributed by atoms with Crippen molar-refractivity contribution >= 4 is 17.4 Å². The van der Waals surface area contributed by atoms with Gasteiger partial charge in [-0.1, -0.05) is 24.3 Å². The first kappa shape index (κ1) is 21.4. The predicted octanol–water partition coefficient (Wildman–Crippen LogP) is 4.67. The summed E-state index contributed by atoms with van der Waals surface area (Å²) in [5.74, 6) is -0.952. The van der Waals surface area contributed by atoms with Crippen molar-refractivity contribution in [3.05, 3.63) is 65.2 Å². The molecule has 0 saturated carbocycles. The van der Waals surface area contributed by atoms with Gasteiger partial charge in [0.1, 0.15) is 0 Å². The minimum Gasteiger partial charge on any atom is -0.440 e. The zero-order valence-electron chi connectivity index (χ0n) is 17.0. The lowest BCUT2D eigenvalue weighted by atomic mass is 9.81. The lowest BCUT2D eigenvalue weighted by molar-refractivity contribution is -0.137. The van der Waals surface area contributed by atoms with Gasteiger partial charge in [0, 0.05) is 24.1 Å². The van der Waals surface area contributed by atoms with E-state index >= 15 is 0 Å². The van der Waals surface area contributed by atoms with Crippen molar-refractivity contribution in [2.45, 2.75) is 49.5 Å². The van der Waals surface area contributed by atoms with Crippen LogP contribution in [0.4, 0.5) is 18.9 Å². The van der Waals surface area contributed by atoms with E-state index in [9.17, 15) is 22.8 Å². The van der Waals surface area contributed by atoms with Crippen LogP contribution in [0.2, 0.25) is 0 Å². The van der Waals surface area contributed by atoms with E-state index in [1.807, 2.05) is 0 Å². The number of ketones is 1. The molecule has 2 aromatic carbocycles. The molecule has 2 aromatic rings. The Morgan fingerprint density at radius 1 is 1.03 bits per heavy atom. The molecule has 164 valence electrons. The highest BCUT2D eigenvalue weighted by molar-refractivity contribution is 6.04. The number of hydrogen-bond acceptors (Lipinski definition) is 5. The zero-order valence-corrected chi connectivity index (χ0v) is 17.0. The molecule has 0 unspecified atom stereocenters. The van der Waals surface area contributed by atoms with Gasteiger partial charge in [0.05, 0.1) is 16.7 Å².